The van der Waals surface area contributed by atoms with Crippen LogP contribution in [0.1, 0.15) is 37.0 Å². The van der Waals surface area contributed by atoms with Gasteiger partial charge >= 0.3 is 5.97 Å². The van der Waals surface area contributed by atoms with Gasteiger partial charge in [0.25, 0.3) is 0 Å². The first-order valence-corrected chi connectivity index (χ1v) is 9.33. The number of carbonyl (C=O) groups is 2. The summed E-state index contributed by atoms with van der Waals surface area (Å²) in [6, 6.07) is 14.1. The van der Waals surface area contributed by atoms with Gasteiger partial charge in [0.2, 0.25) is 0 Å². The molecular formula is C22H26O6. The maximum absolute atomic E-state index is 11.7. The molecule has 2 aromatic carbocycles. The zero-order valence-corrected chi connectivity index (χ0v) is 16.3. The lowest BCUT2D eigenvalue weighted by atomic mass is 10.1. The molecule has 0 amide bonds. The molecule has 0 aliphatic heterocycles. The van der Waals surface area contributed by atoms with Crippen LogP contribution >= 0.6 is 0 Å². The zero-order valence-electron chi connectivity index (χ0n) is 16.3. The maximum atomic E-state index is 11.7. The third kappa shape index (κ3) is 7.70. The van der Waals surface area contributed by atoms with Crippen LogP contribution in [0.2, 0.25) is 0 Å². The number of esters is 1. The summed E-state index contributed by atoms with van der Waals surface area (Å²) in [6.07, 6.45) is 1.10. The van der Waals surface area contributed by atoms with Gasteiger partial charge in [-0.05, 0) is 61.9 Å². The molecule has 0 aliphatic rings. The Morgan fingerprint density at radius 3 is 1.75 bits per heavy atom. The Balaban J connectivity index is 1.57. The third-order valence-electron chi connectivity index (χ3n) is 3.75. The molecule has 150 valence electrons. The summed E-state index contributed by atoms with van der Waals surface area (Å²) in [7, 11) is 0. The molecule has 0 aromatic heterocycles. The lowest BCUT2D eigenvalue weighted by Crippen LogP contribution is -2.14. The van der Waals surface area contributed by atoms with Crippen LogP contribution in [0.15, 0.2) is 48.5 Å². The van der Waals surface area contributed by atoms with E-state index < -0.39 is 0 Å². The van der Waals surface area contributed by atoms with E-state index in [9.17, 15) is 9.59 Å². The van der Waals surface area contributed by atoms with Gasteiger partial charge in [0.15, 0.2) is 5.78 Å². The molecule has 0 saturated heterocycles. The van der Waals surface area contributed by atoms with E-state index in [0.29, 0.717) is 23.7 Å². The van der Waals surface area contributed by atoms with Crippen LogP contribution in [0, 0.1) is 0 Å². The van der Waals surface area contributed by atoms with E-state index in [4.69, 9.17) is 18.9 Å². The SMILES string of the molecule is CCCOc1ccc(OCCOC(=O)CCOc2ccc(C(C)=O)cc2)cc1. The molecule has 6 heteroatoms. The normalized spacial score (nSPS) is 10.2. The number of hydrogen-bond acceptors (Lipinski definition) is 6. The fourth-order valence-electron chi connectivity index (χ4n) is 2.28. The second-order valence-electron chi connectivity index (χ2n) is 6.07. The first-order valence-electron chi connectivity index (χ1n) is 9.33. The van der Waals surface area contributed by atoms with Crippen molar-refractivity contribution < 1.29 is 28.5 Å². The molecule has 0 saturated carbocycles. The summed E-state index contributed by atoms with van der Waals surface area (Å²) in [4.78, 5) is 22.9. The van der Waals surface area contributed by atoms with Crippen molar-refractivity contribution in [3.05, 3.63) is 54.1 Å². The van der Waals surface area contributed by atoms with E-state index in [-0.39, 0.29) is 38.0 Å². The van der Waals surface area contributed by atoms with Gasteiger partial charge in [-0.1, -0.05) is 6.92 Å². The Morgan fingerprint density at radius 2 is 1.21 bits per heavy atom. The molecule has 2 rings (SSSR count). The topological polar surface area (TPSA) is 71.1 Å². The first kappa shape index (κ1) is 21.3. The molecule has 0 spiro atoms. The molecule has 0 N–H and O–H groups in total. The summed E-state index contributed by atoms with van der Waals surface area (Å²) in [6.45, 7) is 4.89. The Morgan fingerprint density at radius 1 is 0.714 bits per heavy atom. The van der Waals surface area contributed by atoms with E-state index in [1.807, 2.05) is 24.3 Å². The number of ketones is 1. The molecule has 0 radical (unpaired) electrons. The molecule has 0 unspecified atom stereocenters. The molecule has 0 bridgehead atoms. The zero-order chi connectivity index (χ0) is 20.2. The van der Waals surface area contributed by atoms with Crippen molar-refractivity contribution in [2.24, 2.45) is 0 Å². The standard InChI is InChI=1S/C22H26O6/c1-3-13-25-20-8-10-21(11-9-20)27-15-16-28-22(24)12-14-26-19-6-4-18(5-7-19)17(2)23/h4-11H,3,12-16H2,1-2H3. The van der Waals surface area contributed by atoms with Crippen LogP contribution < -0.4 is 14.2 Å². The molecule has 28 heavy (non-hydrogen) atoms. The quantitative estimate of drug-likeness (QED) is 0.311. The van der Waals surface area contributed by atoms with Gasteiger partial charge in [-0.2, -0.15) is 0 Å². The predicted molar refractivity (Wildman–Crippen MR) is 105 cm³/mol. The second-order valence-corrected chi connectivity index (χ2v) is 6.07. The van der Waals surface area contributed by atoms with Gasteiger partial charge in [0.05, 0.1) is 19.6 Å². The Kier molecular flexibility index (Phi) is 8.85. The minimum absolute atomic E-state index is 0.00174. The minimum atomic E-state index is -0.354. The minimum Gasteiger partial charge on any atom is -0.494 e. The number of hydrogen-bond donors (Lipinski definition) is 0. The molecule has 6 nitrogen and oxygen atoms in total. The number of ether oxygens (including phenoxy) is 4. The van der Waals surface area contributed by atoms with Crippen molar-refractivity contribution in [3.63, 3.8) is 0 Å². The second kappa shape index (κ2) is 11.6. The van der Waals surface area contributed by atoms with Crippen molar-refractivity contribution >= 4 is 11.8 Å². The fraction of sp³-hybridized carbons (Fsp3) is 0.364. The van der Waals surface area contributed by atoms with Crippen LogP contribution in [-0.4, -0.2) is 38.2 Å². The number of carbonyl (C=O) groups excluding carboxylic acids is 2. The van der Waals surface area contributed by atoms with Crippen LogP contribution in [0.4, 0.5) is 0 Å². The lowest BCUT2D eigenvalue weighted by molar-refractivity contribution is -0.144. The first-order chi connectivity index (χ1) is 13.6. The largest absolute Gasteiger partial charge is 0.494 e. The number of rotatable bonds is 12. The molecule has 0 aliphatic carbocycles. The maximum Gasteiger partial charge on any atom is 0.309 e. The van der Waals surface area contributed by atoms with Gasteiger partial charge in [0, 0.05) is 5.56 Å². The Labute approximate surface area is 165 Å². The Bertz CT molecular complexity index is 737. The highest BCUT2D eigenvalue weighted by molar-refractivity contribution is 5.94. The van der Waals surface area contributed by atoms with E-state index in [0.717, 1.165) is 12.2 Å². The highest BCUT2D eigenvalue weighted by Crippen LogP contribution is 2.17. The van der Waals surface area contributed by atoms with E-state index in [1.54, 1.807) is 24.3 Å². The van der Waals surface area contributed by atoms with Crippen molar-refractivity contribution in [2.45, 2.75) is 26.7 Å². The smallest absolute Gasteiger partial charge is 0.309 e. The van der Waals surface area contributed by atoms with Gasteiger partial charge in [-0.3, -0.25) is 9.59 Å². The van der Waals surface area contributed by atoms with Crippen molar-refractivity contribution in [3.8, 4) is 17.2 Å². The van der Waals surface area contributed by atoms with Crippen LogP contribution in [0.25, 0.3) is 0 Å². The predicted octanol–water partition coefficient (Wildman–Crippen LogP) is 4.07. The number of Topliss-reactive ketones (excluding diaryl/α,β-unsaturated/α-hetero) is 1. The summed E-state index contributed by atoms with van der Waals surface area (Å²) < 4.78 is 21.6. The molecule has 0 atom stereocenters. The van der Waals surface area contributed by atoms with Gasteiger partial charge in [-0.25, -0.2) is 0 Å². The molecular weight excluding hydrogens is 360 g/mol. The average molecular weight is 386 g/mol. The van der Waals surface area contributed by atoms with Gasteiger partial charge < -0.3 is 18.9 Å². The Hall–Kier alpha value is -3.02. The van der Waals surface area contributed by atoms with Gasteiger partial charge in [0.1, 0.15) is 30.5 Å². The highest BCUT2D eigenvalue weighted by Gasteiger charge is 2.05. The lowest BCUT2D eigenvalue weighted by Gasteiger charge is -2.09. The molecule has 2 aromatic rings. The van der Waals surface area contributed by atoms with Crippen molar-refractivity contribution in [1.29, 1.82) is 0 Å². The van der Waals surface area contributed by atoms with E-state index >= 15 is 0 Å². The van der Waals surface area contributed by atoms with Gasteiger partial charge in [-0.15, -0.1) is 0 Å². The van der Waals surface area contributed by atoms with E-state index in [2.05, 4.69) is 6.92 Å². The molecule has 0 fully saturated rings. The summed E-state index contributed by atoms with van der Waals surface area (Å²) >= 11 is 0. The summed E-state index contributed by atoms with van der Waals surface area (Å²) in [5, 5.41) is 0. The van der Waals surface area contributed by atoms with Crippen LogP contribution in [0.3, 0.4) is 0 Å². The van der Waals surface area contributed by atoms with Crippen LogP contribution in [-0.2, 0) is 9.53 Å². The average Bonchev–Trinajstić information content (AvgIpc) is 2.71. The van der Waals surface area contributed by atoms with E-state index in [1.165, 1.54) is 6.92 Å². The summed E-state index contributed by atoms with van der Waals surface area (Å²) in [5.41, 5.74) is 0.620. The monoisotopic (exact) mass is 386 g/mol. The number of benzene rings is 2. The third-order valence-corrected chi connectivity index (χ3v) is 3.75. The highest BCUT2D eigenvalue weighted by atomic mass is 16.6. The molecule has 0 heterocycles. The fourth-order valence-corrected chi connectivity index (χ4v) is 2.28. The van der Waals surface area contributed by atoms with Crippen LogP contribution in [0.5, 0.6) is 17.2 Å². The van der Waals surface area contributed by atoms with Crippen molar-refractivity contribution in [2.75, 3.05) is 26.4 Å². The van der Waals surface area contributed by atoms with Crippen molar-refractivity contribution in [1.82, 2.24) is 0 Å². The summed E-state index contributed by atoms with van der Waals surface area (Å²) in [5.74, 6) is 1.74.